The Hall–Kier alpha value is -1.35. The highest BCUT2D eigenvalue weighted by molar-refractivity contribution is 5.75. The van der Waals surface area contributed by atoms with Gasteiger partial charge in [0.2, 0.25) is 0 Å². The summed E-state index contributed by atoms with van der Waals surface area (Å²) in [6, 6.07) is 7.88. The van der Waals surface area contributed by atoms with E-state index < -0.39 is 11.9 Å². The third-order valence-corrected chi connectivity index (χ3v) is 4.17. The number of carboxylic acids is 1. The van der Waals surface area contributed by atoms with Crippen molar-refractivity contribution in [3.8, 4) is 0 Å². The maximum Gasteiger partial charge on any atom is 0.310 e. The van der Waals surface area contributed by atoms with Crippen molar-refractivity contribution in [3.05, 3.63) is 35.4 Å². The predicted octanol–water partition coefficient (Wildman–Crippen LogP) is 3.50. The van der Waals surface area contributed by atoms with Crippen LogP contribution in [0.15, 0.2) is 24.3 Å². The van der Waals surface area contributed by atoms with Crippen LogP contribution >= 0.6 is 0 Å². The van der Waals surface area contributed by atoms with E-state index in [4.69, 9.17) is 5.11 Å². The molecule has 0 aliphatic rings. The zero-order chi connectivity index (χ0) is 14.6. The number of carbonyl (C=O) groups is 1. The van der Waals surface area contributed by atoms with Crippen LogP contribution in [0.1, 0.15) is 51.2 Å². The SMILES string of the molecule is CCC(C)(C)N(C)Cc1ccc(C(C)C(=O)O)cc1. The first kappa shape index (κ1) is 15.7. The highest BCUT2D eigenvalue weighted by Crippen LogP contribution is 2.21. The van der Waals surface area contributed by atoms with E-state index in [-0.39, 0.29) is 5.54 Å². The van der Waals surface area contributed by atoms with Crippen LogP contribution < -0.4 is 0 Å². The summed E-state index contributed by atoms with van der Waals surface area (Å²) < 4.78 is 0. The van der Waals surface area contributed by atoms with Crippen LogP contribution in [-0.4, -0.2) is 28.6 Å². The number of benzene rings is 1. The standard InChI is InChI=1S/C16H25NO2/c1-6-16(3,4)17(5)11-13-7-9-14(10-8-13)12(2)15(18)19/h7-10,12H,6,11H2,1-5H3,(H,18,19). The minimum Gasteiger partial charge on any atom is -0.481 e. The molecule has 1 aromatic rings. The fourth-order valence-electron chi connectivity index (χ4n) is 1.81. The third kappa shape index (κ3) is 4.06. The van der Waals surface area contributed by atoms with Crippen LogP contribution in [0.25, 0.3) is 0 Å². The van der Waals surface area contributed by atoms with E-state index in [0.29, 0.717) is 0 Å². The minimum atomic E-state index is -0.781. The molecule has 0 aliphatic heterocycles. The van der Waals surface area contributed by atoms with Crippen molar-refractivity contribution in [3.63, 3.8) is 0 Å². The van der Waals surface area contributed by atoms with Gasteiger partial charge >= 0.3 is 5.97 Å². The van der Waals surface area contributed by atoms with Gasteiger partial charge in [-0.1, -0.05) is 31.2 Å². The molecule has 1 atom stereocenters. The van der Waals surface area contributed by atoms with Crippen molar-refractivity contribution in [2.24, 2.45) is 0 Å². The molecular formula is C16H25NO2. The molecule has 0 aromatic heterocycles. The Bertz CT molecular complexity index is 423. The van der Waals surface area contributed by atoms with Gasteiger partial charge in [-0.2, -0.15) is 0 Å². The molecule has 0 aliphatic carbocycles. The lowest BCUT2D eigenvalue weighted by Crippen LogP contribution is -2.39. The number of hydrogen-bond acceptors (Lipinski definition) is 2. The number of aliphatic carboxylic acids is 1. The molecule has 0 bridgehead atoms. The monoisotopic (exact) mass is 263 g/mol. The zero-order valence-corrected chi connectivity index (χ0v) is 12.6. The molecule has 3 heteroatoms. The van der Waals surface area contributed by atoms with Gasteiger partial charge in [-0.05, 0) is 45.4 Å². The number of nitrogens with zero attached hydrogens (tertiary/aromatic N) is 1. The molecule has 0 radical (unpaired) electrons. The van der Waals surface area contributed by atoms with Gasteiger partial charge in [-0.25, -0.2) is 0 Å². The van der Waals surface area contributed by atoms with Crippen LogP contribution in [0, 0.1) is 0 Å². The van der Waals surface area contributed by atoms with E-state index in [9.17, 15) is 4.79 Å². The van der Waals surface area contributed by atoms with Gasteiger partial charge in [0.1, 0.15) is 0 Å². The highest BCUT2D eigenvalue weighted by atomic mass is 16.4. The van der Waals surface area contributed by atoms with E-state index in [1.807, 2.05) is 24.3 Å². The maximum atomic E-state index is 10.9. The maximum absolute atomic E-state index is 10.9. The summed E-state index contributed by atoms with van der Waals surface area (Å²) >= 11 is 0. The second-order valence-electron chi connectivity index (χ2n) is 5.82. The van der Waals surface area contributed by atoms with Gasteiger partial charge in [-0.3, -0.25) is 9.69 Å². The Kier molecular flexibility index (Phi) is 5.12. The number of carboxylic acid groups (broad SMARTS) is 1. The topological polar surface area (TPSA) is 40.5 Å². The van der Waals surface area contributed by atoms with E-state index in [1.165, 1.54) is 5.56 Å². The van der Waals surface area contributed by atoms with E-state index >= 15 is 0 Å². The van der Waals surface area contributed by atoms with Gasteiger partial charge in [-0.15, -0.1) is 0 Å². The summed E-state index contributed by atoms with van der Waals surface area (Å²) in [5, 5.41) is 8.98. The van der Waals surface area contributed by atoms with Gasteiger partial charge < -0.3 is 5.11 Å². The molecule has 1 rings (SSSR count). The Morgan fingerprint density at radius 3 is 2.26 bits per heavy atom. The van der Waals surface area contributed by atoms with Crippen molar-refractivity contribution in [2.75, 3.05) is 7.05 Å². The molecule has 106 valence electrons. The third-order valence-electron chi connectivity index (χ3n) is 4.17. The molecule has 1 unspecified atom stereocenters. The van der Waals surface area contributed by atoms with Crippen LogP contribution in [0.5, 0.6) is 0 Å². The van der Waals surface area contributed by atoms with E-state index in [1.54, 1.807) is 6.92 Å². The molecule has 0 saturated carbocycles. The first-order valence-electron chi connectivity index (χ1n) is 6.81. The first-order valence-corrected chi connectivity index (χ1v) is 6.81. The fraction of sp³-hybridized carbons (Fsp3) is 0.562. The van der Waals surface area contributed by atoms with E-state index in [2.05, 4.69) is 32.7 Å². The molecule has 19 heavy (non-hydrogen) atoms. The molecule has 0 amide bonds. The lowest BCUT2D eigenvalue weighted by Gasteiger charge is -2.34. The fourth-order valence-corrected chi connectivity index (χ4v) is 1.81. The Morgan fingerprint density at radius 1 is 1.32 bits per heavy atom. The average molecular weight is 263 g/mol. The molecule has 0 fully saturated rings. The lowest BCUT2D eigenvalue weighted by atomic mass is 9.97. The second-order valence-corrected chi connectivity index (χ2v) is 5.82. The Labute approximate surface area is 116 Å². The quantitative estimate of drug-likeness (QED) is 0.854. The number of hydrogen-bond donors (Lipinski definition) is 1. The Balaban J connectivity index is 2.75. The van der Waals surface area contributed by atoms with Crippen molar-refractivity contribution in [1.82, 2.24) is 4.90 Å². The summed E-state index contributed by atoms with van der Waals surface area (Å²) in [6.45, 7) is 9.24. The summed E-state index contributed by atoms with van der Waals surface area (Å²) in [4.78, 5) is 13.2. The van der Waals surface area contributed by atoms with Crippen LogP contribution in [-0.2, 0) is 11.3 Å². The normalized spacial score (nSPS) is 13.6. The van der Waals surface area contributed by atoms with Gasteiger partial charge in [0, 0.05) is 12.1 Å². The Morgan fingerprint density at radius 2 is 1.84 bits per heavy atom. The van der Waals surface area contributed by atoms with Crippen LogP contribution in [0.3, 0.4) is 0 Å². The molecule has 0 spiro atoms. The van der Waals surface area contributed by atoms with E-state index in [0.717, 1.165) is 18.5 Å². The van der Waals surface area contributed by atoms with Crippen LogP contribution in [0.2, 0.25) is 0 Å². The smallest absolute Gasteiger partial charge is 0.310 e. The van der Waals surface area contributed by atoms with Gasteiger partial charge in [0.05, 0.1) is 5.92 Å². The highest BCUT2D eigenvalue weighted by Gasteiger charge is 2.21. The van der Waals surface area contributed by atoms with Crippen LogP contribution in [0.4, 0.5) is 0 Å². The summed E-state index contributed by atoms with van der Waals surface area (Å²) in [5.74, 6) is -1.23. The number of rotatable bonds is 6. The van der Waals surface area contributed by atoms with Crippen molar-refractivity contribution >= 4 is 5.97 Å². The van der Waals surface area contributed by atoms with Gasteiger partial charge in [0.15, 0.2) is 0 Å². The lowest BCUT2D eigenvalue weighted by molar-refractivity contribution is -0.138. The summed E-state index contributed by atoms with van der Waals surface area (Å²) in [7, 11) is 2.12. The second kappa shape index (κ2) is 6.20. The minimum absolute atomic E-state index is 0.174. The summed E-state index contributed by atoms with van der Waals surface area (Å²) in [5.41, 5.74) is 2.24. The van der Waals surface area contributed by atoms with Crippen molar-refractivity contribution < 1.29 is 9.90 Å². The molecule has 0 heterocycles. The average Bonchev–Trinajstić information content (AvgIpc) is 2.38. The molecular weight excluding hydrogens is 238 g/mol. The molecule has 3 nitrogen and oxygen atoms in total. The van der Waals surface area contributed by atoms with Gasteiger partial charge in [0.25, 0.3) is 0 Å². The predicted molar refractivity (Wildman–Crippen MR) is 78.3 cm³/mol. The summed E-state index contributed by atoms with van der Waals surface area (Å²) in [6.07, 6.45) is 1.09. The molecule has 1 N–H and O–H groups in total. The zero-order valence-electron chi connectivity index (χ0n) is 12.6. The largest absolute Gasteiger partial charge is 0.481 e. The van der Waals surface area contributed by atoms with Crippen molar-refractivity contribution in [2.45, 2.75) is 52.1 Å². The molecule has 0 saturated heterocycles. The molecule has 1 aromatic carbocycles. The first-order chi connectivity index (χ1) is 8.77. The van der Waals surface area contributed by atoms with Crippen molar-refractivity contribution in [1.29, 1.82) is 0 Å².